The highest BCUT2D eigenvalue weighted by molar-refractivity contribution is 5.87. The third-order valence-corrected chi connectivity index (χ3v) is 4.11. The van der Waals surface area contributed by atoms with Crippen molar-refractivity contribution >= 4 is 11.8 Å². The van der Waals surface area contributed by atoms with Crippen molar-refractivity contribution < 1.29 is 14.3 Å². The molecule has 132 valence electrons. The number of hydrogen-bond donors (Lipinski definition) is 1. The second-order valence-corrected chi connectivity index (χ2v) is 5.81. The zero-order valence-electron chi connectivity index (χ0n) is 14.9. The Bertz CT molecular complexity index is 699. The third-order valence-electron chi connectivity index (χ3n) is 4.11. The number of amides is 2. The molecule has 5 heteroatoms. The summed E-state index contributed by atoms with van der Waals surface area (Å²) in [5.41, 5.74) is 1.95. The van der Waals surface area contributed by atoms with E-state index in [0.29, 0.717) is 13.0 Å². The fraction of sp³-hybridized carbons (Fsp3) is 0.300. The molecule has 0 saturated carbocycles. The molecule has 25 heavy (non-hydrogen) atoms. The second kappa shape index (κ2) is 8.87. The zero-order chi connectivity index (χ0) is 18.2. The first-order valence-corrected chi connectivity index (χ1v) is 8.20. The van der Waals surface area contributed by atoms with Crippen molar-refractivity contribution in [2.24, 2.45) is 0 Å². The molecular formula is C20H24N2O3. The predicted octanol–water partition coefficient (Wildman–Crippen LogP) is 2.40. The standard InChI is InChI=1S/C20H24N2O3/c1-15(23)22(14-17-9-11-18(25-3)12-10-17)19(20(24)21-2)13-16-7-5-4-6-8-16/h4-12,19H,13-14H2,1-3H3,(H,21,24)/t19-/m0/s1. The minimum absolute atomic E-state index is 0.139. The maximum absolute atomic E-state index is 12.4. The molecule has 0 aliphatic heterocycles. The number of likely N-dealkylation sites (N-methyl/N-ethyl adjacent to an activating group) is 1. The molecular weight excluding hydrogens is 316 g/mol. The van der Waals surface area contributed by atoms with Crippen LogP contribution in [0.25, 0.3) is 0 Å². The number of nitrogens with one attached hydrogen (secondary N) is 1. The van der Waals surface area contributed by atoms with E-state index in [0.717, 1.165) is 16.9 Å². The number of rotatable bonds is 7. The molecule has 1 atom stereocenters. The van der Waals surface area contributed by atoms with E-state index in [-0.39, 0.29) is 11.8 Å². The number of carbonyl (C=O) groups is 2. The quantitative estimate of drug-likeness (QED) is 0.842. The van der Waals surface area contributed by atoms with Crippen LogP contribution in [0.4, 0.5) is 0 Å². The molecule has 0 fully saturated rings. The molecule has 0 saturated heterocycles. The van der Waals surface area contributed by atoms with Crippen LogP contribution < -0.4 is 10.1 Å². The summed E-state index contributed by atoms with van der Waals surface area (Å²) in [5.74, 6) is 0.443. The first-order valence-electron chi connectivity index (χ1n) is 8.20. The highest BCUT2D eigenvalue weighted by Crippen LogP contribution is 2.17. The van der Waals surface area contributed by atoms with E-state index in [1.807, 2.05) is 54.6 Å². The minimum Gasteiger partial charge on any atom is -0.497 e. The van der Waals surface area contributed by atoms with Gasteiger partial charge in [-0.15, -0.1) is 0 Å². The Balaban J connectivity index is 2.25. The summed E-state index contributed by atoms with van der Waals surface area (Å²) in [6.07, 6.45) is 0.469. The molecule has 2 aromatic carbocycles. The highest BCUT2D eigenvalue weighted by atomic mass is 16.5. The molecule has 0 spiro atoms. The van der Waals surface area contributed by atoms with Crippen LogP contribution in [0.15, 0.2) is 54.6 Å². The number of hydrogen-bond acceptors (Lipinski definition) is 3. The van der Waals surface area contributed by atoms with Gasteiger partial charge in [0.05, 0.1) is 7.11 Å². The summed E-state index contributed by atoms with van der Waals surface area (Å²) in [4.78, 5) is 26.3. The van der Waals surface area contributed by atoms with Crippen LogP contribution in [-0.2, 0) is 22.6 Å². The van der Waals surface area contributed by atoms with Crippen LogP contribution in [-0.4, -0.2) is 36.9 Å². The molecule has 0 aliphatic carbocycles. The van der Waals surface area contributed by atoms with Gasteiger partial charge in [0.2, 0.25) is 11.8 Å². The van der Waals surface area contributed by atoms with Crippen molar-refractivity contribution in [1.29, 1.82) is 0 Å². The van der Waals surface area contributed by atoms with E-state index in [4.69, 9.17) is 4.74 Å². The molecule has 2 rings (SSSR count). The van der Waals surface area contributed by atoms with Gasteiger partial charge in [-0.05, 0) is 23.3 Å². The number of ether oxygens (including phenoxy) is 1. The van der Waals surface area contributed by atoms with Crippen LogP contribution in [0.3, 0.4) is 0 Å². The van der Waals surface area contributed by atoms with Gasteiger partial charge < -0.3 is 15.0 Å². The maximum Gasteiger partial charge on any atom is 0.242 e. The maximum atomic E-state index is 12.4. The van der Waals surface area contributed by atoms with Crippen molar-refractivity contribution in [1.82, 2.24) is 10.2 Å². The van der Waals surface area contributed by atoms with Crippen LogP contribution in [0.1, 0.15) is 18.1 Å². The summed E-state index contributed by atoms with van der Waals surface area (Å²) in [5, 5.41) is 2.67. The molecule has 2 amide bonds. The predicted molar refractivity (Wildman–Crippen MR) is 97.2 cm³/mol. The molecule has 0 aromatic heterocycles. The van der Waals surface area contributed by atoms with Gasteiger partial charge in [0.15, 0.2) is 0 Å². The Kier molecular flexibility index (Phi) is 6.57. The van der Waals surface area contributed by atoms with Crippen molar-refractivity contribution in [2.45, 2.75) is 25.9 Å². The van der Waals surface area contributed by atoms with Gasteiger partial charge in [-0.2, -0.15) is 0 Å². The minimum atomic E-state index is -0.563. The molecule has 0 aliphatic rings. The van der Waals surface area contributed by atoms with Gasteiger partial charge in [-0.1, -0.05) is 42.5 Å². The van der Waals surface area contributed by atoms with Gasteiger partial charge >= 0.3 is 0 Å². The van der Waals surface area contributed by atoms with Crippen LogP contribution in [0.2, 0.25) is 0 Å². The summed E-state index contributed by atoms with van der Waals surface area (Å²) in [6, 6.07) is 16.6. The molecule has 0 heterocycles. The fourth-order valence-corrected chi connectivity index (χ4v) is 2.72. The molecule has 2 aromatic rings. The van der Waals surface area contributed by atoms with E-state index >= 15 is 0 Å². The first kappa shape index (κ1) is 18.5. The van der Waals surface area contributed by atoms with E-state index in [1.54, 1.807) is 19.1 Å². The summed E-state index contributed by atoms with van der Waals surface area (Å²) in [6.45, 7) is 1.86. The van der Waals surface area contributed by atoms with Gasteiger partial charge in [-0.3, -0.25) is 9.59 Å². The molecule has 0 bridgehead atoms. The van der Waals surface area contributed by atoms with Crippen LogP contribution in [0.5, 0.6) is 5.75 Å². The van der Waals surface area contributed by atoms with E-state index in [1.165, 1.54) is 6.92 Å². The van der Waals surface area contributed by atoms with Gasteiger partial charge in [-0.25, -0.2) is 0 Å². The smallest absolute Gasteiger partial charge is 0.242 e. The number of benzene rings is 2. The second-order valence-electron chi connectivity index (χ2n) is 5.81. The van der Waals surface area contributed by atoms with Gasteiger partial charge in [0.1, 0.15) is 11.8 Å². The third kappa shape index (κ3) is 5.08. The van der Waals surface area contributed by atoms with Crippen LogP contribution in [0, 0.1) is 0 Å². The van der Waals surface area contributed by atoms with Crippen LogP contribution >= 0.6 is 0 Å². The lowest BCUT2D eigenvalue weighted by Gasteiger charge is -2.30. The van der Waals surface area contributed by atoms with Crippen molar-refractivity contribution in [3.63, 3.8) is 0 Å². The molecule has 1 N–H and O–H groups in total. The Hall–Kier alpha value is -2.82. The monoisotopic (exact) mass is 340 g/mol. The first-order chi connectivity index (χ1) is 12.0. The highest BCUT2D eigenvalue weighted by Gasteiger charge is 2.27. The van der Waals surface area contributed by atoms with Crippen molar-refractivity contribution in [3.8, 4) is 5.75 Å². The summed E-state index contributed by atoms with van der Waals surface area (Å²) in [7, 11) is 3.20. The number of nitrogens with zero attached hydrogens (tertiary/aromatic N) is 1. The average Bonchev–Trinajstić information content (AvgIpc) is 2.65. The topological polar surface area (TPSA) is 58.6 Å². The zero-order valence-corrected chi connectivity index (χ0v) is 14.9. The SMILES string of the molecule is CNC(=O)[C@H](Cc1ccccc1)N(Cc1ccc(OC)cc1)C(C)=O. The van der Waals surface area contributed by atoms with E-state index < -0.39 is 6.04 Å². The Morgan fingerprint density at radius 2 is 1.68 bits per heavy atom. The largest absolute Gasteiger partial charge is 0.497 e. The van der Waals surface area contributed by atoms with Gasteiger partial charge in [0, 0.05) is 26.9 Å². The Labute approximate surface area is 148 Å². The fourth-order valence-electron chi connectivity index (χ4n) is 2.72. The van der Waals surface area contributed by atoms with Gasteiger partial charge in [0.25, 0.3) is 0 Å². The lowest BCUT2D eigenvalue weighted by molar-refractivity contribution is -0.139. The lowest BCUT2D eigenvalue weighted by atomic mass is 10.0. The average molecular weight is 340 g/mol. The van der Waals surface area contributed by atoms with E-state index in [2.05, 4.69) is 5.32 Å². The Morgan fingerprint density at radius 3 is 2.20 bits per heavy atom. The lowest BCUT2D eigenvalue weighted by Crippen LogP contribution is -2.49. The van der Waals surface area contributed by atoms with E-state index in [9.17, 15) is 9.59 Å². The van der Waals surface area contributed by atoms with Crippen molar-refractivity contribution in [2.75, 3.05) is 14.2 Å². The molecule has 5 nitrogen and oxygen atoms in total. The number of carbonyl (C=O) groups excluding carboxylic acids is 2. The number of methoxy groups -OCH3 is 1. The summed E-state index contributed by atoms with van der Waals surface area (Å²) >= 11 is 0. The molecule has 0 radical (unpaired) electrons. The summed E-state index contributed by atoms with van der Waals surface area (Å²) < 4.78 is 5.16. The molecule has 0 unspecified atom stereocenters. The Morgan fingerprint density at radius 1 is 1.04 bits per heavy atom. The van der Waals surface area contributed by atoms with Crippen molar-refractivity contribution in [3.05, 3.63) is 65.7 Å². The normalized spacial score (nSPS) is 11.5.